The predicted octanol–water partition coefficient (Wildman–Crippen LogP) is 2.63. The van der Waals surface area contributed by atoms with E-state index < -0.39 is 5.41 Å². The Kier molecular flexibility index (Phi) is 4.25. The highest BCUT2D eigenvalue weighted by Crippen LogP contribution is 2.44. The lowest BCUT2D eigenvalue weighted by Crippen LogP contribution is -2.42. The molecule has 2 rings (SSSR count). The molecule has 104 valence electrons. The molecule has 0 spiro atoms. The number of carbonyl (C=O) groups is 1. The Balaban J connectivity index is 2.13. The van der Waals surface area contributed by atoms with Crippen LogP contribution in [0.5, 0.6) is 0 Å². The molecule has 1 aromatic carbocycles. The zero-order valence-electron chi connectivity index (χ0n) is 11.8. The number of hydrogen-bond acceptors (Lipinski definition) is 3. The second kappa shape index (κ2) is 5.74. The van der Waals surface area contributed by atoms with E-state index in [9.17, 15) is 4.79 Å². The third kappa shape index (κ3) is 2.52. The van der Waals surface area contributed by atoms with Crippen LogP contribution in [-0.2, 0) is 16.0 Å². The number of hydrogen-bond donors (Lipinski definition) is 1. The minimum atomic E-state index is -0.520. The molecule has 1 aliphatic rings. The molecule has 2 atom stereocenters. The Bertz CT molecular complexity index is 452. The molecule has 1 aliphatic carbocycles. The zero-order chi connectivity index (χ0) is 13.9. The van der Waals surface area contributed by atoms with Gasteiger partial charge in [-0.25, -0.2) is 0 Å². The standard InChI is InChI=1S/C16H23NO2/c1-3-16(11-17,15(18)19-4-2)10-13-9-12-7-5-6-8-14(12)13/h5-8,13H,3-4,9-11,17H2,1-2H3. The first-order valence-electron chi connectivity index (χ1n) is 7.12. The third-order valence-corrected chi connectivity index (χ3v) is 4.37. The minimum Gasteiger partial charge on any atom is -0.466 e. The molecule has 0 amide bonds. The van der Waals surface area contributed by atoms with Crippen molar-refractivity contribution in [3.63, 3.8) is 0 Å². The van der Waals surface area contributed by atoms with E-state index in [1.165, 1.54) is 11.1 Å². The van der Waals surface area contributed by atoms with Gasteiger partial charge in [0.2, 0.25) is 0 Å². The van der Waals surface area contributed by atoms with Gasteiger partial charge < -0.3 is 10.5 Å². The van der Waals surface area contributed by atoms with E-state index in [4.69, 9.17) is 10.5 Å². The van der Waals surface area contributed by atoms with Crippen LogP contribution in [0, 0.1) is 5.41 Å². The van der Waals surface area contributed by atoms with Crippen LogP contribution in [0.15, 0.2) is 24.3 Å². The average molecular weight is 261 g/mol. The van der Waals surface area contributed by atoms with Crippen molar-refractivity contribution in [1.82, 2.24) is 0 Å². The van der Waals surface area contributed by atoms with Gasteiger partial charge in [-0.15, -0.1) is 0 Å². The van der Waals surface area contributed by atoms with Gasteiger partial charge in [-0.1, -0.05) is 31.2 Å². The Morgan fingerprint density at radius 2 is 2.16 bits per heavy atom. The topological polar surface area (TPSA) is 52.3 Å². The summed E-state index contributed by atoms with van der Waals surface area (Å²) in [4.78, 5) is 12.2. The molecule has 2 unspecified atom stereocenters. The van der Waals surface area contributed by atoms with Crippen molar-refractivity contribution in [2.45, 2.75) is 39.0 Å². The van der Waals surface area contributed by atoms with Crippen molar-refractivity contribution < 1.29 is 9.53 Å². The van der Waals surface area contributed by atoms with Crippen LogP contribution in [0.4, 0.5) is 0 Å². The SMILES string of the molecule is CCOC(=O)C(CC)(CN)CC1Cc2ccccc21. The monoisotopic (exact) mass is 261 g/mol. The molecule has 19 heavy (non-hydrogen) atoms. The molecule has 0 fully saturated rings. The van der Waals surface area contributed by atoms with Crippen LogP contribution in [0.1, 0.15) is 43.7 Å². The molecule has 0 bridgehead atoms. The van der Waals surface area contributed by atoms with Crippen molar-refractivity contribution in [3.05, 3.63) is 35.4 Å². The summed E-state index contributed by atoms with van der Waals surface area (Å²) < 4.78 is 5.23. The first-order valence-corrected chi connectivity index (χ1v) is 7.12. The van der Waals surface area contributed by atoms with Gasteiger partial charge in [0.1, 0.15) is 0 Å². The number of nitrogens with two attached hydrogens (primary N) is 1. The first kappa shape index (κ1) is 14.1. The summed E-state index contributed by atoms with van der Waals surface area (Å²) in [6, 6.07) is 8.44. The fraction of sp³-hybridized carbons (Fsp3) is 0.562. The fourth-order valence-corrected chi connectivity index (χ4v) is 2.98. The highest BCUT2D eigenvalue weighted by atomic mass is 16.5. The molecular weight excluding hydrogens is 238 g/mol. The lowest BCUT2D eigenvalue weighted by molar-refractivity contribution is -0.156. The van der Waals surface area contributed by atoms with E-state index in [0.29, 0.717) is 19.1 Å². The van der Waals surface area contributed by atoms with E-state index in [1.54, 1.807) is 0 Å². The molecule has 0 aromatic heterocycles. The quantitative estimate of drug-likeness (QED) is 0.801. The van der Waals surface area contributed by atoms with Crippen molar-refractivity contribution >= 4 is 5.97 Å². The first-order chi connectivity index (χ1) is 9.16. The Labute approximate surface area is 115 Å². The largest absolute Gasteiger partial charge is 0.466 e. The minimum absolute atomic E-state index is 0.135. The maximum atomic E-state index is 12.2. The van der Waals surface area contributed by atoms with E-state index in [0.717, 1.165) is 19.3 Å². The van der Waals surface area contributed by atoms with Crippen LogP contribution in [0.25, 0.3) is 0 Å². The third-order valence-electron chi connectivity index (χ3n) is 4.37. The lowest BCUT2D eigenvalue weighted by Gasteiger charge is -2.38. The highest BCUT2D eigenvalue weighted by molar-refractivity contribution is 5.77. The van der Waals surface area contributed by atoms with E-state index in [2.05, 4.69) is 24.3 Å². The summed E-state index contributed by atoms with van der Waals surface area (Å²) in [5.41, 5.74) is 8.15. The summed E-state index contributed by atoms with van der Waals surface area (Å²) in [5, 5.41) is 0. The average Bonchev–Trinajstić information content (AvgIpc) is 2.41. The highest BCUT2D eigenvalue weighted by Gasteiger charge is 2.41. The van der Waals surface area contributed by atoms with Crippen molar-refractivity contribution in [2.24, 2.45) is 11.1 Å². The Morgan fingerprint density at radius 1 is 1.42 bits per heavy atom. The Morgan fingerprint density at radius 3 is 2.74 bits per heavy atom. The van der Waals surface area contributed by atoms with Crippen LogP contribution in [0.2, 0.25) is 0 Å². The number of benzene rings is 1. The number of fused-ring (bicyclic) bond motifs is 1. The summed E-state index contributed by atoms with van der Waals surface area (Å²) in [6.07, 6.45) is 2.59. The van der Waals surface area contributed by atoms with Crippen molar-refractivity contribution in [2.75, 3.05) is 13.2 Å². The molecule has 3 heteroatoms. The molecule has 0 saturated carbocycles. The fourth-order valence-electron chi connectivity index (χ4n) is 2.98. The van der Waals surface area contributed by atoms with E-state index in [1.807, 2.05) is 13.8 Å². The molecule has 0 aliphatic heterocycles. The van der Waals surface area contributed by atoms with Crippen LogP contribution < -0.4 is 5.73 Å². The summed E-state index contributed by atoms with van der Waals surface area (Å²) >= 11 is 0. The zero-order valence-corrected chi connectivity index (χ0v) is 11.8. The van der Waals surface area contributed by atoms with Gasteiger partial charge in [0.05, 0.1) is 12.0 Å². The van der Waals surface area contributed by atoms with E-state index >= 15 is 0 Å². The summed E-state index contributed by atoms with van der Waals surface area (Å²) in [7, 11) is 0. The second-order valence-electron chi connectivity index (χ2n) is 5.36. The maximum absolute atomic E-state index is 12.2. The maximum Gasteiger partial charge on any atom is 0.313 e. The van der Waals surface area contributed by atoms with Crippen molar-refractivity contribution in [1.29, 1.82) is 0 Å². The number of esters is 1. The number of rotatable bonds is 6. The van der Waals surface area contributed by atoms with Crippen LogP contribution in [0.3, 0.4) is 0 Å². The normalized spacial score (nSPS) is 20.1. The molecule has 1 aromatic rings. The van der Waals surface area contributed by atoms with Gasteiger partial charge in [-0.3, -0.25) is 4.79 Å². The summed E-state index contributed by atoms with van der Waals surface area (Å²) in [6.45, 7) is 4.64. The number of ether oxygens (including phenoxy) is 1. The lowest BCUT2D eigenvalue weighted by atomic mass is 9.67. The van der Waals surface area contributed by atoms with Crippen molar-refractivity contribution in [3.8, 4) is 0 Å². The molecule has 3 nitrogen and oxygen atoms in total. The van der Waals surface area contributed by atoms with Crippen LogP contribution >= 0.6 is 0 Å². The van der Waals surface area contributed by atoms with Gasteiger partial charge in [0.15, 0.2) is 0 Å². The Hall–Kier alpha value is -1.35. The molecule has 2 N–H and O–H groups in total. The van der Waals surface area contributed by atoms with Gasteiger partial charge >= 0.3 is 5.97 Å². The molecular formula is C16H23NO2. The van der Waals surface area contributed by atoms with Gasteiger partial charge in [0, 0.05) is 6.54 Å². The summed E-state index contributed by atoms with van der Waals surface area (Å²) in [5.74, 6) is 0.313. The van der Waals surface area contributed by atoms with Gasteiger partial charge in [-0.05, 0) is 43.2 Å². The van der Waals surface area contributed by atoms with Crippen LogP contribution in [-0.4, -0.2) is 19.1 Å². The second-order valence-corrected chi connectivity index (χ2v) is 5.36. The molecule has 0 heterocycles. The number of carbonyl (C=O) groups excluding carboxylic acids is 1. The van der Waals surface area contributed by atoms with Gasteiger partial charge in [0.25, 0.3) is 0 Å². The molecule has 0 saturated heterocycles. The van der Waals surface area contributed by atoms with Gasteiger partial charge in [-0.2, -0.15) is 0 Å². The predicted molar refractivity (Wildman–Crippen MR) is 75.9 cm³/mol. The smallest absolute Gasteiger partial charge is 0.313 e. The van der Waals surface area contributed by atoms with E-state index in [-0.39, 0.29) is 5.97 Å². The molecule has 0 radical (unpaired) electrons.